The van der Waals surface area contributed by atoms with Gasteiger partial charge in [0.1, 0.15) is 6.10 Å². The molecule has 0 aromatic rings. The van der Waals surface area contributed by atoms with E-state index in [1.807, 2.05) is 0 Å². The second-order valence-corrected chi connectivity index (χ2v) is 5.14. The SMILES string of the molecule is O=C(NCCC1CCNCC1)OC1CCN(O)C1. The van der Waals surface area contributed by atoms with Crippen LogP contribution in [0.4, 0.5) is 4.79 Å². The number of carbonyl (C=O) groups is 1. The van der Waals surface area contributed by atoms with Crippen LogP contribution in [0.15, 0.2) is 0 Å². The number of piperidine rings is 1. The molecule has 6 nitrogen and oxygen atoms in total. The average Bonchev–Trinajstić information content (AvgIpc) is 2.76. The Kier molecular flexibility index (Phi) is 5.22. The van der Waals surface area contributed by atoms with Crippen molar-refractivity contribution in [3.63, 3.8) is 0 Å². The molecule has 0 aliphatic carbocycles. The van der Waals surface area contributed by atoms with Gasteiger partial charge in [0.2, 0.25) is 0 Å². The molecule has 6 heteroatoms. The number of hydroxylamine groups is 2. The van der Waals surface area contributed by atoms with Crippen LogP contribution in [0.2, 0.25) is 0 Å². The van der Waals surface area contributed by atoms with Crippen LogP contribution in [0.25, 0.3) is 0 Å². The van der Waals surface area contributed by atoms with E-state index in [4.69, 9.17) is 4.74 Å². The monoisotopic (exact) mass is 257 g/mol. The lowest BCUT2D eigenvalue weighted by molar-refractivity contribution is -0.0765. The van der Waals surface area contributed by atoms with E-state index in [0.29, 0.717) is 32.0 Å². The number of amides is 1. The van der Waals surface area contributed by atoms with Crippen LogP contribution in [0.5, 0.6) is 0 Å². The summed E-state index contributed by atoms with van der Waals surface area (Å²) < 4.78 is 5.21. The summed E-state index contributed by atoms with van der Waals surface area (Å²) in [4.78, 5) is 11.5. The molecule has 104 valence electrons. The molecule has 1 unspecified atom stereocenters. The summed E-state index contributed by atoms with van der Waals surface area (Å²) in [6.07, 6.45) is 3.58. The van der Waals surface area contributed by atoms with E-state index in [-0.39, 0.29) is 12.2 Å². The Morgan fingerprint density at radius 3 is 2.83 bits per heavy atom. The largest absolute Gasteiger partial charge is 0.445 e. The summed E-state index contributed by atoms with van der Waals surface area (Å²) in [5, 5.41) is 16.5. The molecule has 0 saturated carbocycles. The molecular formula is C12H23N3O3. The van der Waals surface area contributed by atoms with Crippen molar-refractivity contribution < 1.29 is 14.7 Å². The van der Waals surface area contributed by atoms with Crippen LogP contribution >= 0.6 is 0 Å². The van der Waals surface area contributed by atoms with Gasteiger partial charge in [-0.2, -0.15) is 5.06 Å². The number of nitrogens with zero attached hydrogens (tertiary/aromatic N) is 1. The fraction of sp³-hybridized carbons (Fsp3) is 0.917. The zero-order valence-electron chi connectivity index (χ0n) is 10.7. The first-order valence-electron chi connectivity index (χ1n) is 6.83. The first-order valence-corrected chi connectivity index (χ1v) is 6.83. The molecule has 2 aliphatic heterocycles. The second kappa shape index (κ2) is 6.92. The minimum absolute atomic E-state index is 0.172. The van der Waals surface area contributed by atoms with Gasteiger partial charge < -0.3 is 20.6 Å². The smallest absolute Gasteiger partial charge is 0.407 e. The van der Waals surface area contributed by atoms with Gasteiger partial charge in [0.15, 0.2) is 0 Å². The highest BCUT2D eigenvalue weighted by Gasteiger charge is 2.24. The zero-order chi connectivity index (χ0) is 12.8. The maximum absolute atomic E-state index is 11.5. The maximum atomic E-state index is 11.5. The fourth-order valence-electron chi connectivity index (χ4n) is 2.55. The number of hydrogen-bond acceptors (Lipinski definition) is 5. The van der Waals surface area contributed by atoms with E-state index < -0.39 is 0 Å². The van der Waals surface area contributed by atoms with Crippen LogP contribution in [0.3, 0.4) is 0 Å². The Morgan fingerprint density at radius 1 is 1.39 bits per heavy atom. The van der Waals surface area contributed by atoms with Crippen molar-refractivity contribution in [1.29, 1.82) is 0 Å². The van der Waals surface area contributed by atoms with Crippen LogP contribution in [0.1, 0.15) is 25.7 Å². The van der Waals surface area contributed by atoms with Crippen molar-refractivity contribution in [2.45, 2.75) is 31.8 Å². The molecule has 1 atom stereocenters. The topological polar surface area (TPSA) is 73.8 Å². The molecule has 2 rings (SSSR count). The van der Waals surface area contributed by atoms with Crippen LogP contribution in [-0.4, -0.2) is 55.2 Å². The van der Waals surface area contributed by atoms with Gasteiger partial charge in [-0.25, -0.2) is 4.79 Å². The molecule has 1 amide bonds. The second-order valence-electron chi connectivity index (χ2n) is 5.14. The standard InChI is InChI=1S/C12H23N3O3/c16-12(18-11-4-8-15(17)9-11)14-7-3-10-1-5-13-6-2-10/h10-11,13,17H,1-9H2,(H,14,16). The summed E-state index contributed by atoms with van der Waals surface area (Å²) in [6, 6.07) is 0. The summed E-state index contributed by atoms with van der Waals surface area (Å²) in [5.41, 5.74) is 0. The molecule has 0 aromatic carbocycles. The Balaban J connectivity index is 1.54. The van der Waals surface area contributed by atoms with Gasteiger partial charge in [0.25, 0.3) is 0 Å². The predicted molar refractivity (Wildman–Crippen MR) is 66.5 cm³/mol. The zero-order valence-corrected chi connectivity index (χ0v) is 10.7. The Hall–Kier alpha value is -0.850. The molecule has 3 N–H and O–H groups in total. The first kappa shape index (κ1) is 13.6. The molecule has 2 fully saturated rings. The van der Waals surface area contributed by atoms with Crippen LogP contribution in [-0.2, 0) is 4.74 Å². The third kappa shape index (κ3) is 4.44. The lowest BCUT2D eigenvalue weighted by Crippen LogP contribution is -2.33. The molecule has 0 radical (unpaired) electrons. The van der Waals surface area contributed by atoms with E-state index in [1.54, 1.807) is 0 Å². The van der Waals surface area contributed by atoms with Crippen molar-refractivity contribution >= 4 is 6.09 Å². The lowest BCUT2D eigenvalue weighted by atomic mass is 9.95. The summed E-state index contributed by atoms with van der Waals surface area (Å²) in [5.74, 6) is 0.714. The van der Waals surface area contributed by atoms with Crippen molar-refractivity contribution in [3.8, 4) is 0 Å². The van der Waals surface area contributed by atoms with Crippen molar-refractivity contribution in [2.75, 3.05) is 32.7 Å². The van der Waals surface area contributed by atoms with Gasteiger partial charge in [-0.15, -0.1) is 0 Å². The van der Waals surface area contributed by atoms with Crippen molar-refractivity contribution in [2.24, 2.45) is 5.92 Å². The number of carbonyl (C=O) groups excluding carboxylic acids is 1. The van der Waals surface area contributed by atoms with Gasteiger partial charge in [0.05, 0.1) is 6.54 Å². The highest BCUT2D eigenvalue weighted by Crippen LogP contribution is 2.15. The van der Waals surface area contributed by atoms with Crippen LogP contribution < -0.4 is 10.6 Å². The lowest BCUT2D eigenvalue weighted by Gasteiger charge is -2.22. The molecule has 0 spiro atoms. The maximum Gasteiger partial charge on any atom is 0.407 e. The van der Waals surface area contributed by atoms with E-state index >= 15 is 0 Å². The van der Waals surface area contributed by atoms with Crippen molar-refractivity contribution in [1.82, 2.24) is 15.7 Å². The van der Waals surface area contributed by atoms with E-state index in [1.165, 1.54) is 17.9 Å². The Bertz CT molecular complexity index is 269. The fourth-order valence-corrected chi connectivity index (χ4v) is 2.55. The highest BCUT2D eigenvalue weighted by atomic mass is 16.6. The number of nitrogens with one attached hydrogen (secondary N) is 2. The van der Waals surface area contributed by atoms with Gasteiger partial charge in [0, 0.05) is 19.5 Å². The third-order valence-electron chi connectivity index (χ3n) is 3.68. The van der Waals surface area contributed by atoms with E-state index in [9.17, 15) is 10.0 Å². The number of hydrogen-bond donors (Lipinski definition) is 3. The number of ether oxygens (including phenoxy) is 1. The molecule has 2 heterocycles. The third-order valence-corrected chi connectivity index (χ3v) is 3.68. The minimum Gasteiger partial charge on any atom is -0.445 e. The van der Waals surface area contributed by atoms with Gasteiger partial charge in [-0.05, 0) is 38.3 Å². The van der Waals surface area contributed by atoms with Crippen molar-refractivity contribution in [3.05, 3.63) is 0 Å². The van der Waals surface area contributed by atoms with Gasteiger partial charge in [-0.3, -0.25) is 0 Å². The Morgan fingerprint density at radius 2 is 2.17 bits per heavy atom. The average molecular weight is 257 g/mol. The molecule has 18 heavy (non-hydrogen) atoms. The molecule has 0 bridgehead atoms. The summed E-state index contributed by atoms with van der Waals surface area (Å²) in [6.45, 7) is 3.85. The molecule has 2 saturated heterocycles. The quantitative estimate of drug-likeness (QED) is 0.686. The van der Waals surface area contributed by atoms with Crippen LogP contribution in [0, 0.1) is 5.92 Å². The predicted octanol–water partition coefficient (Wildman–Crippen LogP) is 0.566. The number of rotatable bonds is 4. The minimum atomic E-state index is -0.357. The molecular weight excluding hydrogens is 234 g/mol. The van der Waals surface area contributed by atoms with Gasteiger partial charge in [-0.1, -0.05) is 0 Å². The van der Waals surface area contributed by atoms with Gasteiger partial charge >= 0.3 is 6.09 Å². The summed E-state index contributed by atoms with van der Waals surface area (Å²) >= 11 is 0. The first-order chi connectivity index (χ1) is 8.74. The number of alkyl carbamates (subject to hydrolysis) is 1. The normalized spacial score (nSPS) is 26.2. The van der Waals surface area contributed by atoms with E-state index in [2.05, 4.69) is 10.6 Å². The summed E-state index contributed by atoms with van der Waals surface area (Å²) in [7, 11) is 0. The Labute approximate surface area is 108 Å². The van der Waals surface area contributed by atoms with E-state index in [0.717, 1.165) is 19.5 Å². The molecule has 2 aliphatic rings. The highest BCUT2D eigenvalue weighted by molar-refractivity contribution is 5.67. The molecule has 0 aromatic heterocycles.